The van der Waals surface area contributed by atoms with Gasteiger partial charge in [0.2, 0.25) is 0 Å². The Kier molecular flexibility index (Phi) is 6.51. The molecule has 0 saturated heterocycles. The molecule has 3 aromatic carbocycles. The van der Waals surface area contributed by atoms with Crippen LogP contribution >= 0.6 is 0 Å². The monoisotopic (exact) mass is 400 g/mol. The van der Waals surface area contributed by atoms with Gasteiger partial charge in [0.05, 0.1) is 7.11 Å². The number of aryl methyl sites for hydroxylation is 2. The Bertz CT molecular complexity index is 919. The third kappa shape index (κ3) is 4.43. The number of nitrogens with one attached hydrogen (secondary N) is 1. The molecule has 3 aromatic rings. The van der Waals surface area contributed by atoms with Crippen LogP contribution in [0.25, 0.3) is 0 Å². The van der Waals surface area contributed by atoms with Gasteiger partial charge in [-0.05, 0) is 72.7 Å². The summed E-state index contributed by atoms with van der Waals surface area (Å²) in [6.07, 6.45) is 3.13. The van der Waals surface area contributed by atoms with Crippen molar-refractivity contribution in [3.8, 4) is 5.75 Å². The molecule has 0 fully saturated rings. The molecule has 3 nitrogen and oxygen atoms in total. The highest BCUT2D eigenvalue weighted by Gasteiger charge is 2.31. The Balaban J connectivity index is 1.49. The summed E-state index contributed by atoms with van der Waals surface area (Å²) in [5, 5.41) is 3.68. The van der Waals surface area contributed by atoms with Crippen molar-refractivity contribution in [2.45, 2.75) is 44.2 Å². The van der Waals surface area contributed by atoms with E-state index >= 15 is 0 Å². The first-order chi connectivity index (χ1) is 14.7. The maximum atomic E-state index is 6.93. The first-order valence-electron chi connectivity index (χ1n) is 10.9. The first-order valence-corrected chi connectivity index (χ1v) is 10.9. The van der Waals surface area contributed by atoms with Gasteiger partial charge in [0.15, 0.2) is 0 Å². The summed E-state index contributed by atoms with van der Waals surface area (Å²) in [6.45, 7) is 3.12. The van der Waals surface area contributed by atoms with Crippen LogP contribution in [0.5, 0.6) is 5.75 Å². The highest BCUT2D eigenvalue weighted by atomic mass is 16.5. The summed E-state index contributed by atoms with van der Waals surface area (Å²) in [5.74, 6) is 1.11. The molecule has 156 valence electrons. The van der Waals surface area contributed by atoms with E-state index in [-0.39, 0.29) is 18.0 Å². The summed E-state index contributed by atoms with van der Waals surface area (Å²) in [5.41, 5.74) is 13.9. The van der Waals surface area contributed by atoms with Crippen LogP contribution in [0.15, 0.2) is 72.8 Å². The van der Waals surface area contributed by atoms with Gasteiger partial charge in [-0.15, -0.1) is 0 Å². The highest BCUT2D eigenvalue weighted by Crippen LogP contribution is 2.36. The van der Waals surface area contributed by atoms with Crippen molar-refractivity contribution < 1.29 is 4.74 Å². The van der Waals surface area contributed by atoms with Crippen molar-refractivity contribution in [3.63, 3.8) is 0 Å². The molecule has 4 rings (SSSR count). The fourth-order valence-electron chi connectivity index (χ4n) is 4.64. The molecule has 30 heavy (non-hydrogen) atoms. The second kappa shape index (κ2) is 9.46. The molecule has 0 bridgehead atoms. The van der Waals surface area contributed by atoms with E-state index in [1.54, 1.807) is 7.11 Å². The molecule has 0 amide bonds. The Morgan fingerprint density at radius 3 is 2.03 bits per heavy atom. The minimum atomic E-state index is 0.00117. The molecule has 2 unspecified atom stereocenters. The summed E-state index contributed by atoms with van der Waals surface area (Å²) >= 11 is 0. The summed E-state index contributed by atoms with van der Waals surface area (Å²) in [7, 11) is 1.70. The van der Waals surface area contributed by atoms with E-state index in [4.69, 9.17) is 10.5 Å². The number of benzene rings is 3. The number of ether oxygens (including phenoxy) is 1. The number of nitrogens with two attached hydrogens (primary N) is 1. The third-order valence-corrected chi connectivity index (χ3v) is 6.45. The topological polar surface area (TPSA) is 47.3 Å². The van der Waals surface area contributed by atoms with E-state index in [9.17, 15) is 0 Å². The fourth-order valence-corrected chi connectivity index (χ4v) is 4.64. The smallest absolute Gasteiger partial charge is 0.118 e. The van der Waals surface area contributed by atoms with Crippen LogP contribution < -0.4 is 15.8 Å². The Hall–Kier alpha value is -2.62. The van der Waals surface area contributed by atoms with Gasteiger partial charge in [0, 0.05) is 18.0 Å². The number of hydrogen-bond acceptors (Lipinski definition) is 3. The number of rotatable bonds is 7. The van der Waals surface area contributed by atoms with Gasteiger partial charge in [0.1, 0.15) is 5.75 Å². The summed E-state index contributed by atoms with van der Waals surface area (Å²) < 4.78 is 5.25. The van der Waals surface area contributed by atoms with E-state index in [0.717, 1.165) is 31.6 Å². The average Bonchev–Trinajstić information content (AvgIpc) is 2.96. The minimum absolute atomic E-state index is 0.00117. The predicted molar refractivity (Wildman–Crippen MR) is 124 cm³/mol. The lowest BCUT2D eigenvalue weighted by molar-refractivity contribution is 0.414. The van der Waals surface area contributed by atoms with Gasteiger partial charge in [-0.2, -0.15) is 0 Å². The Morgan fingerprint density at radius 2 is 1.47 bits per heavy atom. The van der Waals surface area contributed by atoms with Crippen LogP contribution in [0, 0.1) is 0 Å². The molecular formula is C27H32N2O. The van der Waals surface area contributed by atoms with Crippen molar-refractivity contribution in [1.82, 2.24) is 5.32 Å². The molecule has 1 aliphatic rings. The van der Waals surface area contributed by atoms with Gasteiger partial charge in [-0.1, -0.05) is 60.7 Å². The largest absolute Gasteiger partial charge is 0.497 e. The number of fused-ring (bicyclic) bond motifs is 2. The lowest BCUT2D eigenvalue weighted by Crippen LogP contribution is -2.47. The van der Waals surface area contributed by atoms with Gasteiger partial charge in [-0.3, -0.25) is 0 Å². The standard InChI is InChI=1S/C27H32N2O/c1-19(29-18-17-20-11-15-23(30-2)16-12-20)27(28)26-24-9-5-3-7-21(24)13-14-22-8-4-6-10-25(22)26/h3-12,15-16,19,26-27,29H,13-14,17-18,28H2,1-2H3. The van der Waals surface area contributed by atoms with Gasteiger partial charge in [-0.25, -0.2) is 0 Å². The van der Waals surface area contributed by atoms with Crippen molar-refractivity contribution in [2.24, 2.45) is 5.73 Å². The van der Waals surface area contributed by atoms with Crippen LogP contribution in [0.2, 0.25) is 0 Å². The summed E-state index contributed by atoms with van der Waals surface area (Å²) in [6, 6.07) is 26.2. The molecule has 1 aliphatic carbocycles. The van der Waals surface area contributed by atoms with Gasteiger partial charge < -0.3 is 15.8 Å². The fraction of sp³-hybridized carbons (Fsp3) is 0.333. The van der Waals surface area contributed by atoms with Crippen LogP contribution in [0.4, 0.5) is 0 Å². The van der Waals surface area contributed by atoms with E-state index in [0.29, 0.717) is 0 Å². The van der Waals surface area contributed by atoms with Crippen molar-refractivity contribution in [2.75, 3.05) is 13.7 Å². The van der Waals surface area contributed by atoms with Gasteiger partial charge >= 0.3 is 0 Å². The van der Waals surface area contributed by atoms with Crippen LogP contribution in [0.3, 0.4) is 0 Å². The van der Waals surface area contributed by atoms with Gasteiger partial charge in [0.25, 0.3) is 0 Å². The van der Waals surface area contributed by atoms with Crippen molar-refractivity contribution in [3.05, 3.63) is 101 Å². The number of methoxy groups -OCH3 is 1. The molecule has 0 aliphatic heterocycles. The lowest BCUT2D eigenvalue weighted by Gasteiger charge is -2.31. The van der Waals surface area contributed by atoms with Crippen LogP contribution in [-0.2, 0) is 19.3 Å². The molecule has 3 N–H and O–H groups in total. The molecule has 0 aromatic heterocycles. The second-order valence-electron chi connectivity index (χ2n) is 8.29. The quantitative estimate of drug-likeness (QED) is 0.615. The molecule has 0 heterocycles. The zero-order valence-electron chi connectivity index (χ0n) is 18.0. The zero-order chi connectivity index (χ0) is 20.9. The van der Waals surface area contributed by atoms with Crippen LogP contribution in [-0.4, -0.2) is 25.7 Å². The lowest BCUT2D eigenvalue weighted by atomic mass is 9.80. The van der Waals surface area contributed by atoms with Crippen molar-refractivity contribution in [1.29, 1.82) is 0 Å². The Morgan fingerprint density at radius 1 is 0.900 bits per heavy atom. The molecule has 0 spiro atoms. The van der Waals surface area contributed by atoms with Crippen LogP contribution in [0.1, 0.15) is 40.7 Å². The normalized spacial score (nSPS) is 15.6. The van der Waals surface area contributed by atoms with E-state index in [1.807, 2.05) is 12.1 Å². The molecule has 2 atom stereocenters. The Labute approximate surface area is 180 Å². The predicted octanol–water partition coefficient (Wildman–Crippen LogP) is 4.47. The highest BCUT2D eigenvalue weighted by molar-refractivity contribution is 5.46. The SMILES string of the molecule is COc1ccc(CCNC(C)C(N)C2c3ccccc3CCc3ccccc32)cc1. The van der Waals surface area contributed by atoms with E-state index in [2.05, 4.69) is 72.9 Å². The minimum Gasteiger partial charge on any atom is -0.497 e. The van der Waals surface area contributed by atoms with E-state index in [1.165, 1.54) is 27.8 Å². The zero-order valence-corrected chi connectivity index (χ0v) is 18.0. The second-order valence-corrected chi connectivity index (χ2v) is 8.29. The summed E-state index contributed by atoms with van der Waals surface area (Å²) in [4.78, 5) is 0. The van der Waals surface area contributed by atoms with Crippen molar-refractivity contribution >= 4 is 0 Å². The average molecular weight is 401 g/mol. The maximum Gasteiger partial charge on any atom is 0.118 e. The molecule has 0 radical (unpaired) electrons. The number of hydrogen-bond donors (Lipinski definition) is 2. The molecule has 0 saturated carbocycles. The molecule has 3 heteroatoms. The molecular weight excluding hydrogens is 368 g/mol. The van der Waals surface area contributed by atoms with E-state index < -0.39 is 0 Å². The third-order valence-electron chi connectivity index (χ3n) is 6.45. The maximum absolute atomic E-state index is 6.93. The first kappa shape index (κ1) is 20.6.